The second-order valence-corrected chi connectivity index (χ2v) is 4.00. The molecule has 1 aromatic rings. The summed E-state index contributed by atoms with van der Waals surface area (Å²) in [6.45, 7) is 2.04. The van der Waals surface area contributed by atoms with Crippen LogP contribution in [0.5, 0.6) is 0 Å². The minimum absolute atomic E-state index is 0.0192. The Morgan fingerprint density at radius 1 is 1.38 bits per heavy atom. The smallest absolute Gasteiger partial charge is 0.0638 e. The fraction of sp³-hybridized carbons (Fsp3) is 0.462. The Labute approximate surface area is 96.7 Å². The van der Waals surface area contributed by atoms with Gasteiger partial charge in [0.05, 0.1) is 19.1 Å². The molecule has 2 atom stereocenters. The highest BCUT2D eigenvalue weighted by atomic mass is 16.3. The van der Waals surface area contributed by atoms with Gasteiger partial charge in [-0.05, 0) is 18.9 Å². The number of rotatable bonds is 6. The summed E-state index contributed by atoms with van der Waals surface area (Å²) in [5, 5.41) is 21.1. The highest BCUT2D eigenvalue weighted by Gasteiger charge is 2.11. The average molecular weight is 218 g/mol. The van der Waals surface area contributed by atoms with Gasteiger partial charge >= 0.3 is 0 Å². The van der Waals surface area contributed by atoms with E-state index in [9.17, 15) is 5.11 Å². The number of nitrogens with one attached hydrogen (secondary N) is 1. The lowest BCUT2D eigenvalue weighted by Gasteiger charge is -2.20. The number of hydrogen-bond donors (Lipinski definition) is 2. The molecule has 0 heterocycles. The molecule has 3 heteroatoms. The third kappa shape index (κ3) is 4.43. The molecule has 3 nitrogen and oxygen atoms in total. The summed E-state index contributed by atoms with van der Waals surface area (Å²) in [6, 6.07) is 12.3. The first-order valence-corrected chi connectivity index (χ1v) is 5.54. The van der Waals surface area contributed by atoms with Gasteiger partial charge in [-0.2, -0.15) is 5.26 Å². The summed E-state index contributed by atoms with van der Waals surface area (Å²) in [6.07, 6.45) is 1.25. The van der Waals surface area contributed by atoms with Crippen LogP contribution >= 0.6 is 0 Å². The molecule has 86 valence electrons. The van der Waals surface area contributed by atoms with Crippen molar-refractivity contribution < 1.29 is 5.11 Å². The highest BCUT2D eigenvalue weighted by Crippen LogP contribution is 2.04. The molecule has 1 rings (SSSR count). The van der Waals surface area contributed by atoms with Crippen molar-refractivity contribution in [1.29, 1.82) is 5.26 Å². The van der Waals surface area contributed by atoms with Gasteiger partial charge in [-0.1, -0.05) is 30.3 Å². The van der Waals surface area contributed by atoms with Crippen molar-refractivity contribution in [2.45, 2.75) is 31.8 Å². The van der Waals surface area contributed by atoms with E-state index in [1.165, 1.54) is 5.56 Å². The number of nitrogens with zero attached hydrogens (tertiary/aromatic N) is 1. The maximum atomic E-state index is 9.26. The number of aliphatic hydroxyl groups excluding tert-OH is 1. The summed E-state index contributed by atoms with van der Waals surface area (Å²) in [4.78, 5) is 0. The summed E-state index contributed by atoms with van der Waals surface area (Å²) >= 11 is 0. The Morgan fingerprint density at radius 3 is 2.62 bits per heavy atom. The van der Waals surface area contributed by atoms with Crippen LogP contribution in [0.1, 0.15) is 18.9 Å². The molecule has 0 saturated carbocycles. The second kappa shape index (κ2) is 7.00. The Balaban J connectivity index is 2.47. The van der Waals surface area contributed by atoms with Gasteiger partial charge in [0, 0.05) is 12.1 Å². The van der Waals surface area contributed by atoms with Gasteiger partial charge in [0.25, 0.3) is 0 Å². The summed E-state index contributed by atoms with van der Waals surface area (Å²) in [5.41, 5.74) is 1.19. The van der Waals surface area contributed by atoms with Crippen molar-refractivity contribution in [3.05, 3.63) is 35.9 Å². The number of benzene rings is 1. The van der Waals surface area contributed by atoms with E-state index in [2.05, 4.69) is 11.4 Å². The van der Waals surface area contributed by atoms with Crippen molar-refractivity contribution >= 4 is 0 Å². The topological polar surface area (TPSA) is 56.0 Å². The number of nitriles is 1. The SMILES string of the molecule is CC(CC#N)NC(CO)Cc1ccccc1. The van der Waals surface area contributed by atoms with Crippen molar-refractivity contribution in [3.63, 3.8) is 0 Å². The van der Waals surface area contributed by atoms with Gasteiger partial charge in [-0.3, -0.25) is 0 Å². The fourth-order valence-electron chi connectivity index (χ4n) is 1.67. The van der Waals surface area contributed by atoms with Crippen LogP contribution in [-0.4, -0.2) is 23.8 Å². The highest BCUT2D eigenvalue weighted by molar-refractivity contribution is 5.15. The molecule has 0 fully saturated rings. The molecule has 0 amide bonds. The summed E-state index contributed by atoms with van der Waals surface area (Å²) in [7, 11) is 0. The molecule has 2 N–H and O–H groups in total. The number of aliphatic hydroxyl groups is 1. The molecular formula is C13H18N2O. The monoisotopic (exact) mass is 218 g/mol. The van der Waals surface area contributed by atoms with Crippen LogP contribution in [-0.2, 0) is 6.42 Å². The predicted molar refractivity (Wildman–Crippen MR) is 63.8 cm³/mol. The zero-order valence-corrected chi connectivity index (χ0v) is 9.56. The van der Waals surface area contributed by atoms with E-state index in [0.29, 0.717) is 6.42 Å². The van der Waals surface area contributed by atoms with E-state index in [0.717, 1.165) is 6.42 Å². The van der Waals surface area contributed by atoms with Gasteiger partial charge in [-0.15, -0.1) is 0 Å². The molecule has 0 aliphatic carbocycles. The fourth-order valence-corrected chi connectivity index (χ4v) is 1.67. The lowest BCUT2D eigenvalue weighted by Crippen LogP contribution is -2.40. The van der Waals surface area contributed by atoms with Gasteiger partial charge in [0.1, 0.15) is 0 Å². The van der Waals surface area contributed by atoms with Crippen molar-refractivity contribution in [3.8, 4) is 6.07 Å². The van der Waals surface area contributed by atoms with Crippen LogP contribution in [0, 0.1) is 11.3 Å². The Bertz CT molecular complexity index is 332. The molecule has 0 saturated heterocycles. The Hall–Kier alpha value is -1.37. The first-order valence-electron chi connectivity index (χ1n) is 5.54. The van der Waals surface area contributed by atoms with Crippen LogP contribution in [0.3, 0.4) is 0 Å². The number of hydrogen-bond acceptors (Lipinski definition) is 3. The quantitative estimate of drug-likeness (QED) is 0.760. The lowest BCUT2D eigenvalue weighted by molar-refractivity contribution is 0.232. The first-order chi connectivity index (χ1) is 7.76. The van der Waals surface area contributed by atoms with Crippen LogP contribution in [0.25, 0.3) is 0 Å². The minimum atomic E-state index is 0.0192. The van der Waals surface area contributed by atoms with E-state index < -0.39 is 0 Å². The minimum Gasteiger partial charge on any atom is -0.395 e. The Kier molecular flexibility index (Phi) is 5.55. The largest absolute Gasteiger partial charge is 0.395 e. The molecular weight excluding hydrogens is 200 g/mol. The molecule has 0 bridgehead atoms. The van der Waals surface area contributed by atoms with Crippen LogP contribution in [0.2, 0.25) is 0 Å². The van der Waals surface area contributed by atoms with E-state index >= 15 is 0 Å². The molecule has 0 aliphatic heterocycles. The van der Waals surface area contributed by atoms with Crippen molar-refractivity contribution in [1.82, 2.24) is 5.32 Å². The zero-order chi connectivity index (χ0) is 11.8. The zero-order valence-electron chi connectivity index (χ0n) is 9.56. The molecule has 2 unspecified atom stereocenters. The normalized spacial score (nSPS) is 14.1. The third-order valence-corrected chi connectivity index (χ3v) is 2.46. The van der Waals surface area contributed by atoms with Gasteiger partial charge in [-0.25, -0.2) is 0 Å². The summed E-state index contributed by atoms with van der Waals surface area (Å²) in [5.74, 6) is 0. The molecule has 1 aromatic carbocycles. The first kappa shape index (κ1) is 12.7. The van der Waals surface area contributed by atoms with Gasteiger partial charge in [0.15, 0.2) is 0 Å². The molecule has 0 radical (unpaired) electrons. The summed E-state index contributed by atoms with van der Waals surface area (Å²) < 4.78 is 0. The molecule has 0 aromatic heterocycles. The van der Waals surface area contributed by atoms with Crippen LogP contribution in [0.4, 0.5) is 0 Å². The maximum absolute atomic E-state index is 9.26. The van der Waals surface area contributed by atoms with E-state index in [4.69, 9.17) is 5.26 Å². The predicted octanol–water partition coefficient (Wildman–Crippen LogP) is 1.48. The van der Waals surface area contributed by atoms with Gasteiger partial charge < -0.3 is 10.4 Å². The van der Waals surface area contributed by atoms with Gasteiger partial charge in [0.2, 0.25) is 0 Å². The molecule has 0 spiro atoms. The van der Waals surface area contributed by atoms with E-state index in [1.807, 2.05) is 37.3 Å². The van der Waals surface area contributed by atoms with E-state index in [-0.39, 0.29) is 18.7 Å². The van der Waals surface area contributed by atoms with Crippen LogP contribution in [0.15, 0.2) is 30.3 Å². The molecule has 16 heavy (non-hydrogen) atoms. The van der Waals surface area contributed by atoms with Crippen LogP contribution < -0.4 is 5.32 Å². The van der Waals surface area contributed by atoms with E-state index in [1.54, 1.807) is 0 Å². The standard InChI is InChI=1S/C13H18N2O/c1-11(7-8-14)15-13(10-16)9-12-5-3-2-4-6-12/h2-6,11,13,15-16H,7,9-10H2,1H3. The van der Waals surface area contributed by atoms with Crippen molar-refractivity contribution in [2.24, 2.45) is 0 Å². The third-order valence-electron chi connectivity index (χ3n) is 2.46. The van der Waals surface area contributed by atoms with Crippen molar-refractivity contribution in [2.75, 3.05) is 6.61 Å². The molecule has 0 aliphatic rings. The Morgan fingerprint density at radius 2 is 2.06 bits per heavy atom. The lowest BCUT2D eigenvalue weighted by atomic mass is 10.1. The average Bonchev–Trinajstić information content (AvgIpc) is 2.30. The second-order valence-electron chi connectivity index (χ2n) is 4.00. The maximum Gasteiger partial charge on any atom is 0.0638 e.